The van der Waals surface area contributed by atoms with Crippen LogP contribution in [0.3, 0.4) is 0 Å². The van der Waals surface area contributed by atoms with E-state index in [1.165, 1.54) is 12.7 Å². The van der Waals surface area contributed by atoms with Crippen molar-refractivity contribution in [3.8, 4) is 0 Å². The van der Waals surface area contributed by atoms with Crippen molar-refractivity contribution in [3.63, 3.8) is 0 Å². The van der Waals surface area contributed by atoms with E-state index in [0.717, 1.165) is 13.1 Å². The lowest BCUT2D eigenvalue weighted by Crippen LogP contribution is -2.34. The van der Waals surface area contributed by atoms with Crippen LogP contribution >= 0.6 is 0 Å². The van der Waals surface area contributed by atoms with E-state index >= 15 is 0 Å². The summed E-state index contributed by atoms with van der Waals surface area (Å²) in [5.74, 6) is 0.0981. The van der Waals surface area contributed by atoms with E-state index < -0.39 is 0 Å². The van der Waals surface area contributed by atoms with Crippen molar-refractivity contribution in [1.29, 1.82) is 0 Å². The molecule has 1 rings (SSSR count). The third-order valence-corrected chi connectivity index (χ3v) is 2.93. The van der Waals surface area contributed by atoms with Crippen LogP contribution in [-0.2, 0) is 16.1 Å². The van der Waals surface area contributed by atoms with Crippen LogP contribution in [0.4, 0.5) is 0 Å². The maximum Gasteiger partial charge on any atom is 0.310 e. The Morgan fingerprint density at radius 3 is 2.71 bits per heavy atom. The van der Waals surface area contributed by atoms with Crippen molar-refractivity contribution in [2.45, 2.75) is 20.4 Å². The number of H-pyrrole nitrogens is 1. The van der Waals surface area contributed by atoms with Gasteiger partial charge in [-0.3, -0.25) is 4.79 Å². The van der Waals surface area contributed by atoms with Crippen molar-refractivity contribution in [2.24, 2.45) is 11.8 Å². The third kappa shape index (κ3) is 4.23. The second kappa shape index (κ2) is 6.45. The van der Waals surface area contributed by atoms with Crippen LogP contribution in [0.25, 0.3) is 0 Å². The highest BCUT2D eigenvalue weighted by Gasteiger charge is 2.24. The molecule has 0 bridgehead atoms. The number of aromatic amines is 1. The standard InChI is InChI=1S/C13H22N2O2/c1-10(2)12(13(16)17-4)9-15(3)8-11-5-6-14-7-11/h5-7,10,12,14H,8-9H2,1-4H3. The molecule has 0 aliphatic heterocycles. The first kappa shape index (κ1) is 13.8. The summed E-state index contributed by atoms with van der Waals surface area (Å²) in [6.07, 6.45) is 3.88. The molecule has 0 spiro atoms. The Labute approximate surface area is 103 Å². The minimum absolute atomic E-state index is 0.0658. The third-order valence-electron chi connectivity index (χ3n) is 2.93. The fourth-order valence-electron chi connectivity index (χ4n) is 1.88. The van der Waals surface area contributed by atoms with Gasteiger partial charge in [0.2, 0.25) is 0 Å². The van der Waals surface area contributed by atoms with E-state index in [9.17, 15) is 4.79 Å². The van der Waals surface area contributed by atoms with Crippen LogP contribution in [0.5, 0.6) is 0 Å². The van der Waals surface area contributed by atoms with E-state index in [4.69, 9.17) is 4.74 Å². The Morgan fingerprint density at radius 1 is 1.53 bits per heavy atom. The van der Waals surface area contributed by atoms with Gasteiger partial charge in [0.1, 0.15) is 0 Å². The normalized spacial score (nSPS) is 13.1. The molecule has 0 fully saturated rings. The number of esters is 1. The minimum Gasteiger partial charge on any atom is -0.469 e. The average molecular weight is 238 g/mol. The van der Waals surface area contributed by atoms with Crippen LogP contribution < -0.4 is 0 Å². The van der Waals surface area contributed by atoms with Crippen LogP contribution in [0.2, 0.25) is 0 Å². The summed E-state index contributed by atoms with van der Waals surface area (Å²) in [4.78, 5) is 16.8. The van der Waals surface area contributed by atoms with Gasteiger partial charge in [0.25, 0.3) is 0 Å². The number of methoxy groups -OCH3 is 1. The van der Waals surface area contributed by atoms with Crippen molar-refractivity contribution < 1.29 is 9.53 Å². The van der Waals surface area contributed by atoms with Crippen molar-refractivity contribution in [1.82, 2.24) is 9.88 Å². The predicted molar refractivity (Wildman–Crippen MR) is 67.5 cm³/mol. The van der Waals surface area contributed by atoms with E-state index in [0.29, 0.717) is 0 Å². The number of nitrogens with zero attached hydrogens (tertiary/aromatic N) is 1. The summed E-state index contributed by atoms with van der Waals surface area (Å²) >= 11 is 0. The Hall–Kier alpha value is -1.29. The molecule has 0 aromatic carbocycles. The van der Waals surface area contributed by atoms with E-state index in [-0.39, 0.29) is 17.8 Å². The summed E-state index contributed by atoms with van der Waals surface area (Å²) in [6.45, 7) is 5.65. The van der Waals surface area contributed by atoms with E-state index in [1.807, 2.05) is 39.4 Å². The Bertz CT molecular complexity index is 333. The zero-order valence-corrected chi connectivity index (χ0v) is 11.1. The van der Waals surface area contributed by atoms with Gasteiger partial charge in [0.05, 0.1) is 13.0 Å². The highest BCUT2D eigenvalue weighted by atomic mass is 16.5. The predicted octanol–water partition coefficient (Wildman–Crippen LogP) is 1.89. The molecule has 1 aromatic heterocycles. The lowest BCUT2D eigenvalue weighted by molar-refractivity contribution is -0.147. The monoisotopic (exact) mass is 238 g/mol. The smallest absolute Gasteiger partial charge is 0.310 e. The molecule has 96 valence electrons. The molecule has 0 saturated heterocycles. The number of carbonyl (C=O) groups excluding carboxylic acids is 1. The number of hydrogen-bond donors (Lipinski definition) is 1. The molecule has 0 amide bonds. The van der Waals surface area contributed by atoms with Crippen LogP contribution in [0, 0.1) is 11.8 Å². The molecular weight excluding hydrogens is 216 g/mol. The first-order valence-electron chi connectivity index (χ1n) is 5.92. The number of rotatable bonds is 6. The molecule has 0 radical (unpaired) electrons. The highest BCUT2D eigenvalue weighted by molar-refractivity contribution is 5.72. The van der Waals surface area contributed by atoms with Crippen molar-refractivity contribution in [3.05, 3.63) is 24.0 Å². The van der Waals surface area contributed by atoms with Crippen molar-refractivity contribution >= 4 is 5.97 Å². The Kier molecular flexibility index (Phi) is 5.22. The maximum absolute atomic E-state index is 11.6. The van der Waals surface area contributed by atoms with Crippen molar-refractivity contribution in [2.75, 3.05) is 20.7 Å². The minimum atomic E-state index is -0.124. The summed E-state index contributed by atoms with van der Waals surface area (Å²) in [7, 11) is 3.47. The van der Waals surface area contributed by atoms with Gasteiger partial charge >= 0.3 is 5.97 Å². The lowest BCUT2D eigenvalue weighted by atomic mass is 9.95. The number of carbonyl (C=O) groups is 1. The van der Waals surface area contributed by atoms with Crippen LogP contribution in [-0.4, -0.2) is 36.6 Å². The molecule has 1 atom stereocenters. The van der Waals surface area contributed by atoms with Gasteiger partial charge in [-0.05, 0) is 24.6 Å². The number of ether oxygens (including phenoxy) is 1. The molecule has 4 nitrogen and oxygen atoms in total. The number of nitrogens with one attached hydrogen (secondary N) is 1. The number of hydrogen-bond acceptors (Lipinski definition) is 3. The Balaban J connectivity index is 2.52. The zero-order valence-electron chi connectivity index (χ0n) is 11.1. The molecule has 1 N–H and O–H groups in total. The fourth-order valence-corrected chi connectivity index (χ4v) is 1.88. The highest BCUT2D eigenvalue weighted by Crippen LogP contribution is 2.15. The van der Waals surface area contributed by atoms with Crippen LogP contribution in [0.1, 0.15) is 19.4 Å². The summed E-state index contributed by atoms with van der Waals surface area (Å²) in [6, 6.07) is 2.04. The largest absolute Gasteiger partial charge is 0.469 e. The van der Waals surface area contributed by atoms with E-state index in [2.05, 4.69) is 9.88 Å². The lowest BCUT2D eigenvalue weighted by Gasteiger charge is -2.24. The quantitative estimate of drug-likeness (QED) is 0.770. The SMILES string of the molecule is COC(=O)C(CN(C)Cc1cc[nH]c1)C(C)C. The second-order valence-corrected chi connectivity index (χ2v) is 4.79. The average Bonchev–Trinajstić information content (AvgIpc) is 2.77. The van der Waals surface area contributed by atoms with Gasteiger partial charge in [0.15, 0.2) is 0 Å². The van der Waals surface area contributed by atoms with Crippen LogP contribution in [0.15, 0.2) is 18.5 Å². The summed E-state index contributed by atoms with van der Waals surface area (Å²) in [5, 5.41) is 0. The first-order valence-corrected chi connectivity index (χ1v) is 5.92. The molecule has 1 heterocycles. The second-order valence-electron chi connectivity index (χ2n) is 4.79. The van der Waals surface area contributed by atoms with Gasteiger partial charge in [-0.2, -0.15) is 0 Å². The molecule has 17 heavy (non-hydrogen) atoms. The van der Waals surface area contributed by atoms with Gasteiger partial charge in [-0.15, -0.1) is 0 Å². The molecule has 0 aliphatic rings. The van der Waals surface area contributed by atoms with Gasteiger partial charge in [-0.25, -0.2) is 0 Å². The molecule has 1 aromatic rings. The molecule has 4 heteroatoms. The summed E-state index contributed by atoms with van der Waals surface area (Å²) < 4.78 is 4.84. The maximum atomic E-state index is 11.6. The number of aromatic nitrogens is 1. The topological polar surface area (TPSA) is 45.3 Å². The van der Waals surface area contributed by atoms with Gasteiger partial charge in [-0.1, -0.05) is 13.8 Å². The van der Waals surface area contributed by atoms with Gasteiger partial charge in [0, 0.05) is 25.5 Å². The molecule has 0 aliphatic carbocycles. The fraction of sp³-hybridized carbons (Fsp3) is 0.615. The Morgan fingerprint density at radius 2 is 2.24 bits per heavy atom. The van der Waals surface area contributed by atoms with E-state index in [1.54, 1.807) is 0 Å². The van der Waals surface area contributed by atoms with Gasteiger partial charge < -0.3 is 14.6 Å². The summed E-state index contributed by atoms with van der Waals surface area (Å²) in [5.41, 5.74) is 1.22. The molecule has 1 unspecified atom stereocenters. The zero-order chi connectivity index (χ0) is 12.8. The first-order chi connectivity index (χ1) is 8.04. The molecular formula is C13H22N2O2. The molecule has 0 saturated carbocycles.